The minimum absolute atomic E-state index is 0.0642. The van der Waals surface area contributed by atoms with E-state index in [1.54, 1.807) is 51.1 Å². The Kier molecular flexibility index (Phi) is 6.66. The molecule has 10 heteroatoms. The highest BCUT2D eigenvalue weighted by Crippen LogP contribution is 2.30. The number of amides is 1. The Balaban J connectivity index is 1.93. The molecule has 0 N–H and O–H groups in total. The van der Waals surface area contributed by atoms with Crippen LogP contribution in [-0.4, -0.2) is 32.6 Å². The maximum atomic E-state index is 12.4. The van der Waals surface area contributed by atoms with Gasteiger partial charge in [-0.1, -0.05) is 35.5 Å². The van der Waals surface area contributed by atoms with Gasteiger partial charge in [0.1, 0.15) is 5.75 Å². The van der Waals surface area contributed by atoms with Crippen LogP contribution in [-0.2, 0) is 11.3 Å². The van der Waals surface area contributed by atoms with Crippen LogP contribution in [0.2, 0.25) is 5.02 Å². The summed E-state index contributed by atoms with van der Waals surface area (Å²) in [5.74, 6) is 0.156. The number of halogens is 1. The number of hydrogen-bond acceptors (Lipinski definition) is 7. The summed E-state index contributed by atoms with van der Waals surface area (Å²) in [6.07, 6.45) is 0. The zero-order valence-corrected chi connectivity index (χ0v) is 18.7. The van der Waals surface area contributed by atoms with E-state index in [0.717, 1.165) is 11.8 Å². The molecule has 0 aliphatic carbocycles. The molecule has 1 heterocycles. The summed E-state index contributed by atoms with van der Waals surface area (Å²) in [5, 5.41) is 16.8. The van der Waals surface area contributed by atoms with Crippen LogP contribution in [0.5, 0.6) is 5.75 Å². The standard InChI is InChI=1S/C21H20ClN3O5S/c1-21(2,3)19(26)30-18-8-7-14(22)10-16(18)17-12-31-20(27)24(23-17)11-13-5-4-6-15(9-13)25(28)29/h4-10H,11-12H2,1-3H3. The third-order valence-corrected chi connectivity index (χ3v) is 5.42. The van der Waals surface area contributed by atoms with Crippen molar-refractivity contribution in [2.75, 3.05) is 5.75 Å². The first kappa shape index (κ1) is 22.8. The monoisotopic (exact) mass is 461 g/mol. The quantitative estimate of drug-likeness (QED) is 0.260. The second-order valence-corrected chi connectivity index (χ2v) is 9.23. The number of hydrazone groups is 1. The lowest BCUT2D eigenvalue weighted by Gasteiger charge is -2.24. The molecule has 0 saturated heterocycles. The molecule has 0 spiro atoms. The van der Waals surface area contributed by atoms with Gasteiger partial charge in [0.25, 0.3) is 5.69 Å². The number of carbonyl (C=O) groups is 2. The summed E-state index contributed by atoms with van der Waals surface area (Å²) in [4.78, 5) is 35.3. The number of thioether (sulfide) groups is 1. The lowest BCUT2D eigenvalue weighted by molar-refractivity contribution is -0.384. The van der Waals surface area contributed by atoms with E-state index in [1.807, 2.05) is 0 Å². The van der Waals surface area contributed by atoms with Gasteiger partial charge >= 0.3 is 11.2 Å². The molecule has 31 heavy (non-hydrogen) atoms. The average molecular weight is 462 g/mol. The molecule has 0 bridgehead atoms. The molecule has 2 aromatic rings. The van der Waals surface area contributed by atoms with Crippen molar-refractivity contribution in [3.05, 3.63) is 68.7 Å². The van der Waals surface area contributed by atoms with E-state index in [2.05, 4.69) is 5.10 Å². The minimum Gasteiger partial charge on any atom is -0.425 e. The third kappa shape index (κ3) is 5.62. The first-order valence-electron chi connectivity index (χ1n) is 9.32. The van der Waals surface area contributed by atoms with Crippen LogP contribution in [0.3, 0.4) is 0 Å². The number of esters is 1. The van der Waals surface area contributed by atoms with Gasteiger partial charge < -0.3 is 4.74 Å². The number of benzene rings is 2. The van der Waals surface area contributed by atoms with Crippen LogP contribution >= 0.6 is 23.4 Å². The molecule has 2 aromatic carbocycles. The molecule has 0 fully saturated rings. The number of rotatable bonds is 5. The van der Waals surface area contributed by atoms with E-state index in [9.17, 15) is 19.7 Å². The van der Waals surface area contributed by atoms with Gasteiger partial charge in [0.05, 0.1) is 22.6 Å². The molecule has 0 radical (unpaired) electrons. The van der Waals surface area contributed by atoms with Gasteiger partial charge in [-0.2, -0.15) is 5.10 Å². The SMILES string of the molecule is CC(C)(C)C(=O)Oc1ccc(Cl)cc1C1=NN(Cc2cccc([N+](=O)[O-])c2)C(=O)SC1. The molecule has 0 saturated carbocycles. The predicted octanol–water partition coefficient (Wildman–Crippen LogP) is 5.27. The largest absolute Gasteiger partial charge is 0.425 e. The molecule has 0 unspecified atom stereocenters. The van der Waals surface area contributed by atoms with Crippen LogP contribution in [0.4, 0.5) is 10.5 Å². The van der Waals surface area contributed by atoms with Crippen molar-refractivity contribution in [3.63, 3.8) is 0 Å². The number of non-ortho nitro benzene ring substituents is 1. The van der Waals surface area contributed by atoms with Gasteiger partial charge in [-0.15, -0.1) is 0 Å². The summed E-state index contributed by atoms with van der Waals surface area (Å²) in [6.45, 7) is 5.31. The van der Waals surface area contributed by atoms with Gasteiger partial charge in [0, 0.05) is 28.5 Å². The maximum absolute atomic E-state index is 12.4. The zero-order valence-electron chi connectivity index (χ0n) is 17.1. The van der Waals surface area contributed by atoms with Gasteiger partial charge in [0.15, 0.2) is 0 Å². The Hall–Kier alpha value is -2.91. The Morgan fingerprint density at radius 3 is 2.71 bits per heavy atom. The van der Waals surface area contributed by atoms with E-state index < -0.39 is 16.3 Å². The number of nitro groups is 1. The topological polar surface area (TPSA) is 102 Å². The third-order valence-electron chi connectivity index (χ3n) is 4.31. The lowest BCUT2D eigenvalue weighted by Crippen LogP contribution is -2.30. The average Bonchev–Trinajstić information content (AvgIpc) is 2.70. The lowest BCUT2D eigenvalue weighted by atomic mass is 9.97. The molecule has 1 aliphatic heterocycles. The summed E-state index contributed by atoms with van der Waals surface area (Å²) >= 11 is 7.19. The van der Waals surface area contributed by atoms with Gasteiger partial charge in [0.2, 0.25) is 0 Å². The number of carbonyl (C=O) groups excluding carboxylic acids is 2. The number of nitrogens with zero attached hydrogens (tertiary/aromatic N) is 3. The molecule has 0 atom stereocenters. The van der Waals surface area contributed by atoms with Crippen molar-refractivity contribution in [1.82, 2.24) is 5.01 Å². The van der Waals surface area contributed by atoms with Crippen molar-refractivity contribution in [3.8, 4) is 5.75 Å². The Bertz CT molecular complexity index is 1080. The second-order valence-electron chi connectivity index (χ2n) is 7.87. The summed E-state index contributed by atoms with van der Waals surface area (Å²) < 4.78 is 5.57. The highest BCUT2D eigenvalue weighted by atomic mass is 35.5. The van der Waals surface area contributed by atoms with E-state index in [4.69, 9.17) is 16.3 Å². The molecular formula is C21H20ClN3O5S. The number of hydrogen-bond donors (Lipinski definition) is 0. The fourth-order valence-corrected chi connectivity index (χ4v) is 3.56. The smallest absolute Gasteiger partial charge is 0.316 e. The summed E-state index contributed by atoms with van der Waals surface area (Å²) in [5.41, 5.74) is 0.816. The van der Waals surface area contributed by atoms with E-state index >= 15 is 0 Å². The maximum Gasteiger partial charge on any atom is 0.316 e. The Morgan fingerprint density at radius 1 is 1.29 bits per heavy atom. The van der Waals surface area contributed by atoms with Crippen LogP contribution < -0.4 is 4.74 Å². The Morgan fingerprint density at radius 2 is 2.03 bits per heavy atom. The van der Waals surface area contributed by atoms with Gasteiger partial charge in [-0.05, 0) is 44.5 Å². The van der Waals surface area contributed by atoms with Crippen molar-refractivity contribution >= 4 is 46.0 Å². The van der Waals surface area contributed by atoms with E-state index in [0.29, 0.717) is 27.6 Å². The van der Waals surface area contributed by atoms with E-state index in [-0.39, 0.29) is 23.2 Å². The first-order valence-corrected chi connectivity index (χ1v) is 10.7. The molecule has 1 amide bonds. The molecule has 3 rings (SSSR count). The highest BCUT2D eigenvalue weighted by Gasteiger charge is 2.28. The van der Waals surface area contributed by atoms with E-state index in [1.165, 1.54) is 17.1 Å². The van der Waals surface area contributed by atoms with Crippen LogP contribution in [0.1, 0.15) is 31.9 Å². The van der Waals surface area contributed by atoms with Crippen LogP contribution in [0.25, 0.3) is 0 Å². The normalized spacial score (nSPS) is 14.3. The van der Waals surface area contributed by atoms with Crippen molar-refractivity contribution in [2.24, 2.45) is 10.5 Å². The predicted molar refractivity (Wildman–Crippen MR) is 120 cm³/mol. The highest BCUT2D eigenvalue weighted by molar-refractivity contribution is 8.14. The molecule has 162 valence electrons. The first-order chi connectivity index (χ1) is 14.5. The second kappa shape index (κ2) is 9.07. The van der Waals surface area contributed by atoms with Crippen molar-refractivity contribution in [1.29, 1.82) is 0 Å². The fourth-order valence-electron chi connectivity index (χ4n) is 2.66. The summed E-state index contributed by atoms with van der Waals surface area (Å²) in [6, 6.07) is 10.9. The van der Waals surface area contributed by atoms with Gasteiger partial charge in [-0.25, -0.2) is 5.01 Å². The zero-order chi connectivity index (χ0) is 22.8. The van der Waals surface area contributed by atoms with Gasteiger partial charge in [-0.3, -0.25) is 19.7 Å². The number of nitro benzene ring substituents is 1. The van der Waals surface area contributed by atoms with Crippen LogP contribution in [0.15, 0.2) is 47.6 Å². The number of ether oxygens (including phenoxy) is 1. The van der Waals surface area contributed by atoms with Crippen molar-refractivity contribution in [2.45, 2.75) is 27.3 Å². The molecule has 0 aromatic heterocycles. The minimum atomic E-state index is -0.704. The molecule has 1 aliphatic rings. The van der Waals surface area contributed by atoms with Crippen LogP contribution in [0, 0.1) is 15.5 Å². The van der Waals surface area contributed by atoms with Crippen molar-refractivity contribution < 1.29 is 19.2 Å². The molecular weight excluding hydrogens is 442 g/mol. The Labute approximate surface area is 188 Å². The molecule has 8 nitrogen and oxygen atoms in total. The fraction of sp³-hybridized carbons (Fsp3) is 0.286. The summed E-state index contributed by atoms with van der Waals surface area (Å²) in [7, 11) is 0.